The van der Waals surface area contributed by atoms with Crippen LogP contribution in [0.1, 0.15) is 10.4 Å². The molecule has 0 bridgehead atoms. The molecule has 4 N–H and O–H groups in total. The van der Waals surface area contributed by atoms with Gasteiger partial charge in [-0.2, -0.15) is 0 Å². The van der Waals surface area contributed by atoms with Crippen molar-refractivity contribution in [2.75, 3.05) is 7.11 Å². The quantitative estimate of drug-likeness (QED) is 0.386. The van der Waals surface area contributed by atoms with Crippen molar-refractivity contribution in [3.63, 3.8) is 0 Å². The number of nitrogens with two attached hydrogens (primary N) is 1. The Hall–Kier alpha value is -3.87. The molecule has 1 amide bonds. The maximum atomic E-state index is 12.5. The smallest absolute Gasteiger partial charge is 0.260 e. The molecule has 0 fully saturated rings. The minimum Gasteiger partial charge on any atom is -0.497 e. The lowest BCUT2D eigenvalue weighted by Crippen LogP contribution is -2.35. The summed E-state index contributed by atoms with van der Waals surface area (Å²) in [6, 6.07) is 15.1. The number of fused-ring (bicyclic) bond motifs is 2. The van der Waals surface area contributed by atoms with Gasteiger partial charge in [-0.15, -0.1) is 0 Å². The Morgan fingerprint density at radius 2 is 2.00 bits per heavy atom. The monoisotopic (exact) mass is 359 g/mol. The molecule has 2 aromatic heterocycles. The van der Waals surface area contributed by atoms with E-state index in [2.05, 4.69) is 10.3 Å². The summed E-state index contributed by atoms with van der Waals surface area (Å²) >= 11 is 0. The van der Waals surface area contributed by atoms with Gasteiger partial charge in [0.25, 0.3) is 5.91 Å². The molecule has 0 saturated heterocycles. The van der Waals surface area contributed by atoms with Gasteiger partial charge in [-0.1, -0.05) is 18.2 Å². The van der Waals surface area contributed by atoms with Crippen molar-refractivity contribution in [2.45, 2.75) is 0 Å². The minimum atomic E-state index is -0.423. The van der Waals surface area contributed by atoms with Gasteiger partial charge in [-0.05, 0) is 30.3 Å². The molecular weight excluding hydrogens is 342 g/mol. The maximum absolute atomic E-state index is 12.5. The third kappa shape index (κ3) is 2.85. The zero-order valence-corrected chi connectivity index (χ0v) is 14.6. The molecule has 27 heavy (non-hydrogen) atoms. The van der Waals surface area contributed by atoms with E-state index < -0.39 is 11.9 Å². The summed E-state index contributed by atoms with van der Waals surface area (Å²) in [5.74, 6) is -0.0907. The topological polar surface area (TPSA) is 106 Å². The van der Waals surface area contributed by atoms with Crippen LogP contribution in [0.3, 0.4) is 0 Å². The Morgan fingerprint density at radius 1 is 1.19 bits per heavy atom. The van der Waals surface area contributed by atoms with Crippen molar-refractivity contribution in [3.05, 3.63) is 66.5 Å². The van der Waals surface area contributed by atoms with E-state index in [1.54, 1.807) is 19.5 Å². The number of hydrogen-bond acceptors (Lipinski definition) is 4. The highest BCUT2D eigenvalue weighted by atomic mass is 16.5. The molecule has 2 heterocycles. The molecule has 4 aromatic rings. The summed E-state index contributed by atoms with van der Waals surface area (Å²) in [6.45, 7) is 0. The number of carbonyl (C=O) groups excluding carboxylic acids is 1. The van der Waals surface area contributed by atoms with Gasteiger partial charge in [0, 0.05) is 23.2 Å². The number of amides is 1. The van der Waals surface area contributed by atoms with E-state index in [1.807, 2.05) is 53.1 Å². The predicted octanol–water partition coefficient (Wildman–Crippen LogP) is 2.81. The molecule has 0 aliphatic heterocycles. The number of aromatic nitrogens is 2. The van der Waals surface area contributed by atoms with Gasteiger partial charge in [0.1, 0.15) is 5.75 Å². The van der Waals surface area contributed by atoms with Gasteiger partial charge in [-0.25, -0.2) is 0 Å². The van der Waals surface area contributed by atoms with Gasteiger partial charge in [0.15, 0.2) is 5.96 Å². The molecule has 7 nitrogen and oxygen atoms in total. The van der Waals surface area contributed by atoms with Crippen LogP contribution in [-0.2, 0) is 0 Å². The number of para-hydroxylation sites is 1. The second-order valence-electron chi connectivity index (χ2n) is 6.01. The second kappa shape index (κ2) is 6.45. The number of methoxy groups -OCH3 is 1. The summed E-state index contributed by atoms with van der Waals surface area (Å²) in [4.78, 5) is 16.9. The summed E-state index contributed by atoms with van der Waals surface area (Å²) < 4.78 is 7.29. The van der Waals surface area contributed by atoms with Crippen LogP contribution in [0.5, 0.6) is 5.75 Å². The van der Waals surface area contributed by atoms with Crippen LogP contribution >= 0.6 is 0 Å². The molecule has 134 valence electrons. The lowest BCUT2D eigenvalue weighted by atomic mass is 10.1. The Bertz CT molecular complexity index is 1200. The molecule has 0 aliphatic rings. The van der Waals surface area contributed by atoms with E-state index in [-0.39, 0.29) is 0 Å². The number of benzene rings is 2. The fourth-order valence-corrected chi connectivity index (χ4v) is 3.20. The van der Waals surface area contributed by atoms with Crippen LogP contribution in [0.2, 0.25) is 0 Å². The maximum Gasteiger partial charge on any atom is 0.260 e. The van der Waals surface area contributed by atoms with Crippen LogP contribution in [0.25, 0.3) is 27.5 Å². The number of carbonyl (C=O) groups is 1. The van der Waals surface area contributed by atoms with Crippen molar-refractivity contribution in [1.82, 2.24) is 14.9 Å². The first-order valence-corrected chi connectivity index (χ1v) is 8.27. The first kappa shape index (κ1) is 16.6. The normalized spacial score (nSPS) is 10.9. The molecule has 4 rings (SSSR count). The van der Waals surface area contributed by atoms with Gasteiger partial charge in [-0.3, -0.25) is 20.5 Å². The van der Waals surface area contributed by atoms with Crippen LogP contribution in [-0.4, -0.2) is 28.5 Å². The van der Waals surface area contributed by atoms with E-state index in [4.69, 9.17) is 15.9 Å². The molecule has 7 heteroatoms. The number of nitrogens with zero attached hydrogens (tertiary/aromatic N) is 2. The highest BCUT2D eigenvalue weighted by Gasteiger charge is 2.17. The molecule has 0 aliphatic carbocycles. The van der Waals surface area contributed by atoms with Crippen molar-refractivity contribution in [3.8, 4) is 11.4 Å². The first-order chi connectivity index (χ1) is 13.1. The van der Waals surface area contributed by atoms with Gasteiger partial charge in [0.05, 0.1) is 29.4 Å². The SMILES string of the molecule is COc1ccc2nccc(-n3cc(C(=O)NC(=N)N)c4ccccc43)c2c1. The molecule has 0 atom stereocenters. The predicted molar refractivity (Wildman–Crippen MR) is 105 cm³/mol. The lowest BCUT2D eigenvalue weighted by molar-refractivity contribution is 0.0978. The van der Waals surface area contributed by atoms with E-state index >= 15 is 0 Å². The Kier molecular flexibility index (Phi) is 3.97. The summed E-state index contributed by atoms with van der Waals surface area (Å²) in [5.41, 5.74) is 8.31. The average Bonchev–Trinajstić information content (AvgIpc) is 3.06. The number of hydrogen-bond donors (Lipinski definition) is 3. The van der Waals surface area contributed by atoms with Crippen molar-refractivity contribution in [2.24, 2.45) is 5.73 Å². The molecular formula is C20H17N5O2. The molecule has 0 radical (unpaired) electrons. The number of pyridine rings is 1. The number of guanidine groups is 1. The molecule has 0 saturated carbocycles. The molecule has 0 unspecified atom stereocenters. The highest BCUT2D eigenvalue weighted by Crippen LogP contribution is 2.30. The van der Waals surface area contributed by atoms with Crippen LogP contribution in [0.4, 0.5) is 0 Å². The summed E-state index contributed by atoms with van der Waals surface area (Å²) in [7, 11) is 1.62. The minimum absolute atomic E-state index is 0.393. The van der Waals surface area contributed by atoms with Gasteiger partial charge < -0.3 is 15.0 Å². The Labute approximate surface area is 154 Å². The van der Waals surface area contributed by atoms with E-state index in [1.165, 1.54) is 0 Å². The average molecular weight is 359 g/mol. The zero-order chi connectivity index (χ0) is 19.0. The van der Waals surface area contributed by atoms with E-state index in [0.29, 0.717) is 5.56 Å². The van der Waals surface area contributed by atoms with Gasteiger partial charge in [0.2, 0.25) is 0 Å². The van der Waals surface area contributed by atoms with Crippen LogP contribution in [0, 0.1) is 5.41 Å². The first-order valence-electron chi connectivity index (χ1n) is 8.27. The fraction of sp³-hybridized carbons (Fsp3) is 0.0500. The lowest BCUT2D eigenvalue weighted by Gasteiger charge is -2.10. The van der Waals surface area contributed by atoms with Crippen LogP contribution < -0.4 is 15.8 Å². The summed E-state index contributed by atoms with van der Waals surface area (Å²) in [5, 5.41) is 11.3. The van der Waals surface area contributed by atoms with E-state index in [9.17, 15) is 4.79 Å². The zero-order valence-electron chi connectivity index (χ0n) is 14.6. The largest absolute Gasteiger partial charge is 0.497 e. The van der Waals surface area contributed by atoms with Crippen molar-refractivity contribution >= 4 is 33.7 Å². The second-order valence-corrected chi connectivity index (χ2v) is 6.01. The number of ether oxygens (including phenoxy) is 1. The standard InChI is InChI=1S/C20H17N5O2/c1-27-12-6-7-16-14(10-12)18(8-9-23-16)25-11-15(19(26)24-20(21)22)13-4-2-3-5-17(13)25/h2-11H,1H3,(H4,21,22,24,26). The molecule has 0 spiro atoms. The van der Waals surface area contributed by atoms with E-state index in [0.717, 1.165) is 33.2 Å². The third-order valence-corrected chi connectivity index (χ3v) is 4.39. The fourth-order valence-electron chi connectivity index (χ4n) is 3.20. The summed E-state index contributed by atoms with van der Waals surface area (Å²) in [6.07, 6.45) is 3.48. The van der Waals surface area contributed by atoms with Gasteiger partial charge >= 0.3 is 0 Å². The Balaban J connectivity index is 1.99. The Morgan fingerprint density at radius 3 is 2.78 bits per heavy atom. The number of rotatable bonds is 3. The van der Waals surface area contributed by atoms with Crippen molar-refractivity contribution < 1.29 is 9.53 Å². The molecule has 2 aromatic carbocycles. The van der Waals surface area contributed by atoms with Crippen LogP contribution in [0.15, 0.2) is 60.9 Å². The number of nitrogens with one attached hydrogen (secondary N) is 2. The van der Waals surface area contributed by atoms with Crippen molar-refractivity contribution in [1.29, 1.82) is 5.41 Å². The third-order valence-electron chi connectivity index (χ3n) is 4.39. The highest BCUT2D eigenvalue weighted by molar-refractivity contribution is 6.12.